The summed E-state index contributed by atoms with van der Waals surface area (Å²) in [6.45, 7) is 6.67. The molecule has 0 spiro atoms. The van der Waals surface area contributed by atoms with Crippen molar-refractivity contribution in [1.29, 1.82) is 0 Å². The van der Waals surface area contributed by atoms with Crippen molar-refractivity contribution >= 4 is 0 Å². The molecule has 4 atom stereocenters. The largest absolute Gasteiger partial charge is 0.464 e. The van der Waals surface area contributed by atoms with Crippen LogP contribution in [0.1, 0.15) is 56.6 Å². The van der Waals surface area contributed by atoms with Crippen LogP contribution in [0, 0.1) is 5.92 Å². The molecule has 4 unspecified atom stereocenters. The fourth-order valence-corrected chi connectivity index (χ4v) is 3.09. The van der Waals surface area contributed by atoms with Gasteiger partial charge in [-0.3, -0.25) is 0 Å². The van der Waals surface area contributed by atoms with E-state index in [1.54, 1.807) is 0 Å². The van der Waals surface area contributed by atoms with Crippen molar-refractivity contribution in [1.82, 2.24) is 5.32 Å². The van der Waals surface area contributed by atoms with Gasteiger partial charge in [0, 0.05) is 25.6 Å². The van der Waals surface area contributed by atoms with Gasteiger partial charge in [0.25, 0.3) is 0 Å². The van der Waals surface area contributed by atoms with E-state index < -0.39 is 0 Å². The van der Waals surface area contributed by atoms with Crippen LogP contribution in [-0.4, -0.2) is 25.3 Å². The molecule has 3 N–H and O–H groups in total. The Morgan fingerprint density at radius 1 is 1.50 bits per heavy atom. The summed E-state index contributed by atoms with van der Waals surface area (Å²) in [5.41, 5.74) is 5.85. The van der Waals surface area contributed by atoms with Crippen molar-refractivity contribution < 1.29 is 9.15 Å². The predicted molar refractivity (Wildman–Crippen MR) is 78.6 cm³/mol. The van der Waals surface area contributed by atoms with Crippen molar-refractivity contribution in [2.75, 3.05) is 19.7 Å². The summed E-state index contributed by atoms with van der Waals surface area (Å²) in [5.74, 6) is 3.47. The number of rotatable bonds is 6. The Labute approximate surface area is 121 Å². The number of nitrogens with one attached hydrogen (secondary N) is 1. The lowest BCUT2D eigenvalue weighted by atomic mass is 10.0. The molecule has 1 aliphatic carbocycles. The van der Waals surface area contributed by atoms with Crippen molar-refractivity contribution in [3.63, 3.8) is 0 Å². The fourth-order valence-electron chi connectivity index (χ4n) is 3.09. The van der Waals surface area contributed by atoms with Crippen LogP contribution in [-0.2, 0) is 4.74 Å². The molecule has 3 rings (SSSR count). The van der Waals surface area contributed by atoms with Gasteiger partial charge in [0.2, 0.25) is 0 Å². The van der Waals surface area contributed by atoms with Gasteiger partial charge in [-0.15, -0.1) is 0 Å². The summed E-state index contributed by atoms with van der Waals surface area (Å²) in [5, 5.41) is 3.51. The number of hydrogen-bond acceptors (Lipinski definition) is 4. The molecule has 112 valence electrons. The molecule has 4 nitrogen and oxygen atoms in total. The molecule has 2 fully saturated rings. The highest BCUT2D eigenvalue weighted by Crippen LogP contribution is 2.47. The average Bonchev–Trinajstić information content (AvgIpc) is 2.84. The van der Waals surface area contributed by atoms with Crippen LogP contribution in [0.5, 0.6) is 0 Å². The van der Waals surface area contributed by atoms with Gasteiger partial charge in [0.05, 0.1) is 11.6 Å². The Balaban J connectivity index is 1.59. The first-order chi connectivity index (χ1) is 9.61. The van der Waals surface area contributed by atoms with E-state index in [0.717, 1.165) is 43.4 Å². The van der Waals surface area contributed by atoms with Gasteiger partial charge in [-0.25, -0.2) is 0 Å². The topological polar surface area (TPSA) is 60.4 Å². The Morgan fingerprint density at radius 3 is 2.90 bits per heavy atom. The lowest BCUT2D eigenvalue weighted by Gasteiger charge is -2.26. The third kappa shape index (κ3) is 2.92. The van der Waals surface area contributed by atoms with E-state index in [1.165, 1.54) is 6.42 Å². The second-order valence-electron chi connectivity index (χ2n) is 6.63. The quantitative estimate of drug-likeness (QED) is 0.839. The van der Waals surface area contributed by atoms with Crippen LogP contribution in [0.2, 0.25) is 0 Å². The molecule has 2 aliphatic rings. The Morgan fingerprint density at radius 2 is 2.30 bits per heavy atom. The van der Waals surface area contributed by atoms with Crippen molar-refractivity contribution in [3.8, 4) is 0 Å². The van der Waals surface area contributed by atoms with E-state index in [9.17, 15) is 0 Å². The number of nitrogens with two attached hydrogens (primary N) is 1. The van der Waals surface area contributed by atoms with Crippen molar-refractivity contribution in [3.05, 3.63) is 23.7 Å². The molecule has 2 heterocycles. The summed E-state index contributed by atoms with van der Waals surface area (Å²) in [6, 6.07) is 4.27. The maximum Gasteiger partial charge on any atom is 0.122 e. The Kier molecular flexibility index (Phi) is 3.89. The summed E-state index contributed by atoms with van der Waals surface area (Å²) in [6.07, 6.45) is 3.51. The molecule has 1 aromatic heterocycles. The van der Waals surface area contributed by atoms with Crippen LogP contribution in [0.15, 0.2) is 16.5 Å². The molecule has 20 heavy (non-hydrogen) atoms. The monoisotopic (exact) mass is 278 g/mol. The SMILES string of the molecule is CC1CC1c1ccc(C(CN)NCC2(C)CCCO2)o1. The van der Waals surface area contributed by atoms with E-state index in [2.05, 4.69) is 31.3 Å². The van der Waals surface area contributed by atoms with E-state index in [1.807, 2.05) is 0 Å². The minimum absolute atomic E-state index is 0.0478. The second-order valence-corrected chi connectivity index (χ2v) is 6.63. The molecule has 0 radical (unpaired) electrons. The molecule has 0 amide bonds. The maximum absolute atomic E-state index is 6.00. The van der Waals surface area contributed by atoms with Gasteiger partial charge < -0.3 is 20.2 Å². The minimum atomic E-state index is -0.0478. The standard InChI is InChI=1S/C16H26N2O2/c1-11-8-12(11)14-4-5-15(20-14)13(9-17)18-10-16(2)6-3-7-19-16/h4-5,11-13,18H,3,6-10,17H2,1-2H3. The van der Waals surface area contributed by atoms with Gasteiger partial charge >= 0.3 is 0 Å². The van der Waals surface area contributed by atoms with Gasteiger partial charge in [-0.05, 0) is 44.2 Å². The highest BCUT2D eigenvalue weighted by Gasteiger charge is 2.37. The zero-order chi connectivity index (χ0) is 14.2. The maximum atomic E-state index is 6.00. The zero-order valence-electron chi connectivity index (χ0n) is 12.5. The normalized spacial score (nSPS) is 34.4. The molecule has 0 aromatic carbocycles. The number of ether oxygens (including phenoxy) is 1. The van der Waals surface area contributed by atoms with Crippen LogP contribution in [0.25, 0.3) is 0 Å². The lowest BCUT2D eigenvalue weighted by molar-refractivity contribution is 0.0184. The van der Waals surface area contributed by atoms with E-state index in [0.29, 0.717) is 12.5 Å². The van der Waals surface area contributed by atoms with E-state index in [-0.39, 0.29) is 11.6 Å². The highest BCUT2D eigenvalue weighted by molar-refractivity contribution is 5.19. The second kappa shape index (κ2) is 5.51. The molecule has 1 saturated carbocycles. The first-order valence-electron chi connectivity index (χ1n) is 7.78. The van der Waals surface area contributed by atoms with Gasteiger partial charge in [0.1, 0.15) is 11.5 Å². The third-order valence-corrected chi connectivity index (χ3v) is 4.72. The molecule has 0 bridgehead atoms. The van der Waals surface area contributed by atoms with Crippen LogP contribution < -0.4 is 11.1 Å². The van der Waals surface area contributed by atoms with Crippen molar-refractivity contribution in [2.45, 2.75) is 50.7 Å². The van der Waals surface area contributed by atoms with Crippen LogP contribution in [0.4, 0.5) is 0 Å². The molecular weight excluding hydrogens is 252 g/mol. The first kappa shape index (κ1) is 14.1. The van der Waals surface area contributed by atoms with Crippen LogP contribution >= 0.6 is 0 Å². The smallest absolute Gasteiger partial charge is 0.122 e. The summed E-state index contributed by atoms with van der Waals surface area (Å²) in [7, 11) is 0. The summed E-state index contributed by atoms with van der Waals surface area (Å²) >= 11 is 0. The predicted octanol–water partition coefficient (Wildman–Crippen LogP) is 2.56. The van der Waals surface area contributed by atoms with E-state index >= 15 is 0 Å². The number of furan rings is 1. The van der Waals surface area contributed by atoms with Gasteiger partial charge in [-0.2, -0.15) is 0 Å². The average molecular weight is 278 g/mol. The third-order valence-electron chi connectivity index (χ3n) is 4.72. The van der Waals surface area contributed by atoms with Gasteiger partial charge in [-0.1, -0.05) is 6.92 Å². The van der Waals surface area contributed by atoms with Crippen molar-refractivity contribution in [2.24, 2.45) is 11.7 Å². The molecule has 1 saturated heterocycles. The highest BCUT2D eigenvalue weighted by atomic mass is 16.5. The number of hydrogen-bond donors (Lipinski definition) is 2. The van der Waals surface area contributed by atoms with Crippen LogP contribution in [0.3, 0.4) is 0 Å². The summed E-state index contributed by atoms with van der Waals surface area (Å²) in [4.78, 5) is 0. The Hall–Kier alpha value is -0.840. The van der Waals surface area contributed by atoms with Gasteiger partial charge in [0.15, 0.2) is 0 Å². The first-order valence-corrected chi connectivity index (χ1v) is 7.78. The molecule has 4 heteroatoms. The van der Waals surface area contributed by atoms with E-state index in [4.69, 9.17) is 14.9 Å². The molecular formula is C16H26N2O2. The lowest BCUT2D eigenvalue weighted by Crippen LogP contribution is -2.40. The fraction of sp³-hybridized carbons (Fsp3) is 0.750. The zero-order valence-corrected chi connectivity index (χ0v) is 12.5. The molecule has 1 aromatic rings. The summed E-state index contributed by atoms with van der Waals surface area (Å²) < 4.78 is 11.8. The Bertz CT molecular complexity index is 451. The minimum Gasteiger partial charge on any atom is -0.464 e. The molecule has 1 aliphatic heterocycles.